The first kappa shape index (κ1) is 24.7. The number of hydrogen-bond donors (Lipinski definition) is 2. The van der Waals surface area contributed by atoms with Crippen molar-refractivity contribution < 1.29 is 13.2 Å². The zero-order chi connectivity index (χ0) is 25.2. The molecule has 3 aromatic rings. The number of carbonyl (C=O) groups is 1. The van der Waals surface area contributed by atoms with Crippen molar-refractivity contribution in [3.63, 3.8) is 0 Å². The van der Waals surface area contributed by atoms with Gasteiger partial charge >= 0.3 is 0 Å². The lowest BCUT2D eigenvalue weighted by molar-refractivity contribution is 0.0981. The quantitative estimate of drug-likeness (QED) is 0.503. The summed E-state index contributed by atoms with van der Waals surface area (Å²) in [5, 5.41) is 2.97. The summed E-state index contributed by atoms with van der Waals surface area (Å²) in [6.07, 6.45) is 2.58. The highest BCUT2D eigenvalue weighted by atomic mass is 32.2. The third-order valence-corrected chi connectivity index (χ3v) is 8.10. The average molecular weight is 494 g/mol. The fourth-order valence-electron chi connectivity index (χ4n) is 4.32. The minimum atomic E-state index is -4.21. The van der Waals surface area contributed by atoms with Gasteiger partial charge in [-0.2, -0.15) is 8.42 Å². The fourth-order valence-corrected chi connectivity index (χ4v) is 5.25. The van der Waals surface area contributed by atoms with E-state index in [1.807, 2.05) is 37.3 Å². The number of pyridine rings is 2. The first-order chi connectivity index (χ1) is 16.6. The SMILES string of the molecule is CC(Nc1cccc(S(=O)(=O)NC(=O)c2cccnc2N2CCC(C)C2(C)C)n1)c1ccccc1. The van der Waals surface area contributed by atoms with Crippen LogP contribution in [0.25, 0.3) is 0 Å². The smallest absolute Gasteiger partial charge is 0.281 e. The van der Waals surface area contributed by atoms with Crippen LogP contribution in [0.15, 0.2) is 71.9 Å². The van der Waals surface area contributed by atoms with E-state index in [1.54, 1.807) is 30.5 Å². The summed E-state index contributed by atoms with van der Waals surface area (Å²) in [7, 11) is -4.21. The molecule has 35 heavy (non-hydrogen) atoms. The van der Waals surface area contributed by atoms with E-state index >= 15 is 0 Å². The van der Waals surface area contributed by atoms with Gasteiger partial charge in [0.2, 0.25) is 0 Å². The van der Waals surface area contributed by atoms with Crippen LogP contribution in [0.2, 0.25) is 0 Å². The molecule has 1 aromatic carbocycles. The summed E-state index contributed by atoms with van der Waals surface area (Å²) in [5.41, 5.74) is 1.04. The predicted molar refractivity (Wildman–Crippen MR) is 137 cm³/mol. The Morgan fingerprint density at radius 3 is 2.51 bits per heavy atom. The largest absolute Gasteiger partial charge is 0.364 e. The van der Waals surface area contributed by atoms with Gasteiger partial charge < -0.3 is 10.2 Å². The number of benzene rings is 1. The van der Waals surface area contributed by atoms with Gasteiger partial charge in [0.15, 0.2) is 5.03 Å². The lowest BCUT2D eigenvalue weighted by Crippen LogP contribution is -2.43. The zero-order valence-electron chi connectivity index (χ0n) is 20.4. The maximum atomic E-state index is 13.2. The first-order valence-corrected chi connectivity index (χ1v) is 13.2. The van der Waals surface area contributed by atoms with E-state index in [-0.39, 0.29) is 22.2 Å². The molecule has 184 valence electrons. The summed E-state index contributed by atoms with van der Waals surface area (Å²) in [5.74, 6) is 0.546. The Kier molecular flexibility index (Phi) is 6.80. The Morgan fingerprint density at radius 2 is 1.83 bits per heavy atom. The van der Waals surface area contributed by atoms with Crippen molar-refractivity contribution in [1.82, 2.24) is 14.7 Å². The van der Waals surface area contributed by atoms with Crippen molar-refractivity contribution in [3.8, 4) is 0 Å². The molecule has 2 N–H and O–H groups in total. The van der Waals surface area contributed by atoms with Crippen LogP contribution in [-0.4, -0.2) is 36.4 Å². The number of hydrogen-bond acceptors (Lipinski definition) is 7. The molecule has 1 amide bonds. The molecule has 0 spiro atoms. The lowest BCUT2D eigenvalue weighted by atomic mass is 9.90. The van der Waals surface area contributed by atoms with Gasteiger partial charge in [-0.1, -0.05) is 43.3 Å². The molecule has 0 bridgehead atoms. The van der Waals surface area contributed by atoms with E-state index in [2.05, 4.69) is 45.7 Å². The average Bonchev–Trinajstić information content (AvgIpc) is 3.11. The van der Waals surface area contributed by atoms with Gasteiger partial charge in [0, 0.05) is 24.3 Å². The monoisotopic (exact) mass is 493 g/mol. The van der Waals surface area contributed by atoms with E-state index < -0.39 is 15.9 Å². The van der Waals surface area contributed by atoms with Gasteiger partial charge in [-0.15, -0.1) is 0 Å². The number of nitrogens with one attached hydrogen (secondary N) is 2. The number of rotatable bonds is 7. The van der Waals surface area contributed by atoms with Crippen molar-refractivity contribution in [2.24, 2.45) is 5.92 Å². The number of amides is 1. The van der Waals surface area contributed by atoms with E-state index in [9.17, 15) is 13.2 Å². The maximum Gasteiger partial charge on any atom is 0.281 e. The highest BCUT2D eigenvalue weighted by Crippen LogP contribution is 2.38. The molecule has 1 aliphatic rings. The van der Waals surface area contributed by atoms with Crippen LogP contribution in [-0.2, 0) is 10.0 Å². The molecule has 1 aliphatic heterocycles. The number of anilines is 2. The van der Waals surface area contributed by atoms with E-state index in [1.165, 1.54) is 6.07 Å². The number of nitrogens with zero attached hydrogens (tertiary/aromatic N) is 3. The van der Waals surface area contributed by atoms with Gasteiger partial charge in [-0.05, 0) is 62.9 Å². The van der Waals surface area contributed by atoms with Crippen LogP contribution < -0.4 is 14.9 Å². The van der Waals surface area contributed by atoms with Crippen molar-refractivity contribution in [2.45, 2.75) is 50.7 Å². The van der Waals surface area contributed by atoms with E-state index in [0.29, 0.717) is 17.6 Å². The molecular formula is C26H31N5O3S. The third-order valence-electron chi connectivity index (χ3n) is 6.86. The van der Waals surface area contributed by atoms with Crippen LogP contribution in [0.1, 0.15) is 56.1 Å². The molecule has 2 aromatic heterocycles. The Bertz CT molecular complexity index is 1310. The Morgan fingerprint density at radius 1 is 1.09 bits per heavy atom. The molecule has 0 radical (unpaired) electrons. The predicted octanol–water partition coefficient (Wildman–Crippen LogP) is 4.39. The van der Waals surface area contributed by atoms with Crippen LogP contribution in [0.5, 0.6) is 0 Å². The van der Waals surface area contributed by atoms with Crippen molar-refractivity contribution in [2.75, 3.05) is 16.8 Å². The second kappa shape index (κ2) is 9.65. The van der Waals surface area contributed by atoms with Gasteiger partial charge in [0.1, 0.15) is 11.6 Å². The minimum absolute atomic E-state index is 0.0830. The van der Waals surface area contributed by atoms with Gasteiger partial charge in [0.05, 0.1) is 5.56 Å². The Hall–Kier alpha value is -3.46. The van der Waals surface area contributed by atoms with Crippen molar-refractivity contribution >= 4 is 27.6 Å². The van der Waals surface area contributed by atoms with Crippen LogP contribution >= 0.6 is 0 Å². The Balaban J connectivity index is 1.55. The molecule has 2 atom stereocenters. The summed E-state index contributed by atoms with van der Waals surface area (Å²) in [6, 6.07) is 17.6. The van der Waals surface area contributed by atoms with E-state index in [0.717, 1.165) is 18.5 Å². The van der Waals surface area contributed by atoms with Gasteiger partial charge in [-0.3, -0.25) is 4.79 Å². The second-order valence-electron chi connectivity index (χ2n) is 9.44. The van der Waals surface area contributed by atoms with Gasteiger partial charge in [0.25, 0.3) is 15.9 Å². The molecular weight excluding hydrogens is 462 g/mol. The number of aromatic nitrogens is 2. The van der Waals surface area contributed by atoms with Crippen LogP contribution in [0.3, 0.4) is 0 Å². The zero-order valence-corrected chi connectivity index (χ0v) is 21.2. The summed E-state index contributed by atoms with van der Waals surface area (Å²) in [6.45, 7) is 9.09. The third kappa shape index (κ3) is 5.14. The minimum Gasteiger partial charge on any atom is -0.364 e. The van der Waals surface area contributed by atoms with Crippen molar-refractivity contribution in [1.29, 1.82) is 0 Å². The molecule has 3 heterocycles. The summed E-state index contributed by atoms with van der Waals surface area (Å²) < 4.78 is 28.3. The fraction of sp³-hybridized carbons (Fsp3) is 0.346. The molecule has 1 fully saturated rings. The molecule has 8 nitrogen and oxygen atoms in total. The normalized spacial score (nSPS) is 18.2. The lowest BCUT2D eigenvalue weighted by Gasteiger charge is -2.36. The standard InChI is InChI=1S/C26H31N5O3S/c1-18-15-17-31(26(18,3)4)24-21(12-9-16-27-24)25(32)30-35(33,34)23-14-8-13-22(29-23)28-19(2)20-10-6-5-7-11-20/h5-14,16,18-19H,15,17H2,1-4H3,(H,28,29)(H,30,32). The highest BCUT2D eigenvalue weighted by molar-refractivity contribution is 7.90. The second-order valence-corrected chi connectivity index (χ2v) is 11.1. The highest BCUT2D eigenvalue weighted by Gasteiger charge is 2.40. The number of sulfonamides is 1. The Labute approximate surface area is 206 Å². The van der Waals surface area contributed by atoms with Crippen LogP contribution in [0, 0.1) is 5.92 Å². The molecule has 1 saturated heterocycles. The molecule has 0 aliphatic carbocycles. The summed E-state index contributed by atoms with van der Waals surface area (Å²) in [4.78, 5) is 23.9. The molecule has 2 unspecified atom stereocenters. The number of carbonyl (C=O) groups excluding carboxylic acids is 1. The topological polar surface area (TPSA) is 104 Å². The van der Waals surface area contributed by atoms with Crippen molar-refractivity contribution in [3.05, 3.63) is 78.0 Å². The summed E-state index contributed by atoms with van der Waals surface area (Å²) >= 11 is 0. The molecule has 9 heteroatoms. The van der Waals surface area contributed by atoms with Crippen LogP contribution in [0.4, 0.5) is 11.6 Å². The van der Waals surface area contributed by atoms with E-state index in [4.69, 9.17) is 0 Å². The molecule has 4 rings (SSSR count). The molecule has 0 saturated carbocycles. The maximum absolute atomic E-state index is 13.2. The van der Waals surface area contributed by atoms with Gasteiger partial charge in [-0.25, -0.2) is 14.7 Å². The first-order valence-electron chi connectivity index (χ1n) is 11.7.